The van der Waals surface area contributed by atoms with E-state index in [1.54, 1.807) is 0 Å². The summed E-state index contributed by atoms with van der Waals surface area (Å²) in [5.74, 6) is 2.27. The van der Waals surface area contributed by atoms with Crippen LogP contribution in [-0.4, -0.2) is 57.2 Å². The molecule has 3 heterocycles. The smallest absolute Gasteiger partial charge is 0.240 e. The van der Waals surface area contributed by atoms with Crippen LogP contribution < -0.4 is 0 Å². The van der Waals surface area contributed by atoms with E-state index >= 15 is 0 Å². The molecule has 0 unspecified atom stereocenters. The van der Waals surface area contributed by atoms with Crippen molar-refractivity contribution in [1.29, 1.82) is 0 Å². The normalized spacial score (nSPS) is 19.9. The van der Waals surface area contributed by atoms with Gasteiger partial charge in [0.1, 0.15) is 0 Å². The molecular weight excluding hydrogens is 302 g/mol. The largest absolute Gasteiger partial charge is 0.348 e. The van der Waals surface area contributed by atoms with Gasteiger partial charge in [0, 0.05) is 56.6 Å². The second-order valence-corrected chi connectivity index (χ2v) is 7.21. The summed E-state index contributed by atoms with van der Waals surface area (Å²) in [6.07, 6.45) is 2.44. The maximum Gasteiger partial charge on any atom is 0.240 e. The van der Waals surface area contributed by atoms with Gasteiger partial charge in [0.15, 0.2) is 5.82 Å². The third-order valence-corrected chi connectivity index (χ3v) is 5.31. The summed E-state index contributed by atoms with van der Waals surface area (Å²) in [4.78, 5) is 9.52. The third kappa shape index (κ3) is 3.54. The zero-order valence-corrected chi connectivity index (χ0v) is 14.7. The lowest BCUT2D eigenvalue weighted by molar-refractivity contribution is 0.114. The van der Waals surface area contributed by atoms with Crippen molar-refractivity contribution in [1.82, 2.24) is 24.5 Å². The van der Waals surface area contributed by atoms with Crippen molar-refractivity contribution in [2.45, 2.75) is 45.7 Å². The van der Waals surface area contributed by atoms with Gasteiger partial charge in [0.2, 0.25) is 5.89 Å². The summed E-state index contributed by atoms with van der Waals surface area (Å²) in [5, 5.41) is 4.11. The number of nitrogens with zero attached hydrogens (tertiary/aromatic N) is 5. The molecule has 0 amide bonds. The average Bonchev–Trinajstić information content (AvgIpc) is 3.26. The Hall–Kier alpha value is -1.66. The topological polar surface area (TPSA) is 50.3 Å². The third-order valence-electron chi connectivity index (χ3n) is 5.31. The molecule has 1 saturated heterocycles. The van der Waals surface area contributed by atoms with Gasteiger partial charge in [-0.15, -0.1) is 0 Å². The van der Waals surface area contributed by atoms with E-state index in [-0.39, 0.29) is 0 Å². The minimum atomic E-state index is 0.569. The molecule has 0 spiro atoms. The lowest BCUT2D eigenvalue weighted by atomic mass is 10.3. The molecule has 6 heteroatoms. The van der Waals surface area contributed by atoms with Crippen LogP contribution in [0.1, 0.15) is 41.9 Å². The standard InChI is InChI=1S/C18H27N5O/c1-14-3-4-15(2)23(14)12-11-21-7-9-22(10-8-21)13-17-19-18(20-24-17)16-5-6-16/h3-4,16H,5-13H2,1-2H3. The first-order chi connectivity index (χ1) is 11.7. The molecule has 2 fully saturated rings. The molecule has 2 aromatic rings. The van der Waals surface area contributed by atoms with E-state index in [1.165, 1.54) is 24.2 Å². The number of piperazine rings is 1. The minimum absolute atomic E-state index is 0.569. The SMILES string of the molecule is Cc1ccc(C)n1CCN1CCN(Cc2nc(C3CC3)no2)CC1. The molecule has 4 rings (SSSR count). The fraction of sp³-hybridized carbons (Fsp3) is 0.667. The molecule has 0 aromatic carbocycles. The van der Waals surface area contributed by atoms with E-state index in [1.807, 2.05) is 0 Å². The Morgan fingerprint density at radius 1 is 1.00 bits per heavy atom. The van der Waals surface area contributed by atoms with Gasteiger partial charge in [-0.25, -0.2) is 0 Å². The summed E-state index contributed by atoms with van der Waals surface area (Å²) in [6, 6.07) is 4.40. The van der Waals surface area contributed by atoms with Crippen LogP contribution in [0.25, 0.3) is 0 Å². The van der Waals surface area contributed by atoms with Crippen molar-refractivity contribution in [2.75, 3.05) is 32.7 Å². The van der Waals surface area contributed by atoms with E-state index in [2.05, 4.69) is 50.5 Å². The summed E-state index contributed by atoms with van der Waals surface area (Å²) >= 11 is 0. The first-order valence-electron chi connectivity index (χ1n) is 9.09. The van der Waals surface area contributed by atoms with Gasteiger partial charge < -0.3 is 9.09 Å². The van der Waals surface area contributed by atoms with Gasteiger partial charge in [-0.3, -0.25) is 9.80 Å². The zero-order chi connectivity index (χ0) is 16.5. The van der Waals surface area contributed by atoms with E-state index < -0.39 is 0 Å². The minimum Gasteiger partial charge on any atom is -0.348 e. The highest BCUT2D eigenvalue weighted by molar-refractivity contribution is 5.13. The molecule has 0 bridgehead atoms. The molecule has 6 nitrogen and oxygen atoms in total. The van der Waals surface area contributed by atoms with Gasteiger partial charge >= 0.3 is 0 Å². The van der Waals surface area contributed by atoms with Crippen LogP contribution in [0.15, 0.2) is 16.7 Å². The van der Waals surface area contributed by atoms with Crippen molar-refractivity contribution >= 4 is 0 Å². The molecule has 2 aliphatic rings. The van der Waals surface area contributed by atoms with Crippen molar-refractivity contribution < 1.29 is 4.52 Å². The van der Waals surface area contributed by atoms with Gasteiger partial charge in [-0.2, -0.15) is 4.98 Å². The lowest BCUT2D eigenvalue weighted by Gasteiger charge is -2.34. The van der Waals surface area contributed by atoms with E-state index in [4.69, 9.17) is 4.52 Å². The van der Waals surface area contributed by atoms with Gasteiger partial charge in [-0.05, 0) is 38.8 Å². The van der Waals surface area contributed by atoms with Gasteiger partial charge in [0.25, 0.3) is 0 Å². The van der Waals surface area contributed by atoms with Crippen molar-refractivity contribution in [3.05, 3.63) is 35.2 Å². The predicted molar refractivity (Wildman–Crippen MR) is 91.9 cm³/mol. The zero-order valence-electron chi connectivity index (χ0n) is 14.7. The molecule has 0 atom stereocenters. The molecule has 1 aliphatic heterocycles. The maximum absolute atomic E-state index is 5.40. The second kappa shape index (κ2) is 6.69. The number of hydrogen-bond acceptors (Lipinski definition) is 5. The molecule has 0 radical (unpaired) electrons. The Labute approximate surface area is 143 Å². The van der Waals surface area contributed by atoms with Gasteiger partial charge in [-0.1, -0.05) is 5.16 Å². The Morgan fingerprint density at radius 2 is 1.67 bits per heavy atom. The summed E-state index contributed by atoms with van der Waals surface area (Å²) < 4.78 is 7.81. The van der Waals surface area contributed by atoms with Crippen LogP contribution in [0.2, 0.25) is 0 Å². The highest BCUT2D eigenvalue weighted by Crippen LogP contribution is 2.38. The van der Waals surface area contributed by atoms with Crippen molar-refractivity contribution in [2.24, 2.45) is 0 Å². The fourth-order valence-electron chi connectivity index (χ4n) is 3.50. The monoisotopic (exact) mass is 329 g/mol. The van der Waals surface area contributed by atoms with Crippen LogP contribution >= 0.6 is 0 Å². The van der Waals surface area contributed by atoms with Crippen LogP contribution in [0, 0.1) is 13.8 Å². The van der Waals surface area contributed by atoms with E-state index in [0.717, 1.165) is 57.5 Å². The van der Waals surface area contributed by atoms with E-state index in [0.29, 0.717) is 5.92 Å². The number of aryl methyl sites for hydroxylation is 2. The molecule has 24 heavy (non-hydrogen) atoms. The fourth-order valence-corrected chi connectivity index (χ4v) is 3.50. The summed E-state index contributed by atoms with van der Waals surface area (Å²) in [7, 11) is 0. The van der Waals surface area contributed by atoms with Crippen LogP contribution in [-0.2, 0) is 13.1 Å². The average molecular weight is 329 g/mol. The Balaban J connectivity index is 1.22. The molecule has 1 aliphatic carbocycles. The Bertz CT molecular complexity index is 660. The van der Waals surface area contributed by atoms with Crippen LogP contribution in [0.3, 0.4) is 0 Å². The highest BCUT2D eigenvalue weighted by Gasteiger charge is 2.29. The van der Waals surface area contributed by atoms with Crippen LogP contribution in [0.4, 0.5) is 0 Å². The maximum atomic E-state index is 5.40. The summed E-state index contributed by atoms with van der Waals surface area (Å²) in [6.45, 7) is 11.7. The quantitative estimate of drug-likeness (QED) is 0.813. The lowest BCUT2D eigenvalue weighted by Crippen LogP contribution is -2.46. The number of aromatic nitrogens is 3. The Kier molecular flexibility index (Phi) is 4.41. The molecular formula is C18H27N5O. The predicted octanol–water partition coefficient (Wildman–Crippen LogP) is 2.18. The van der Waals surface area contributed by atoms with Crippen molar-refractivity contribution in [3.8, 4) is 0 Å². The Morgan fingerprint density at radius 3 is 2.33 bits per heavy atom. The summed E-state index contributed by atoms with van der Waals surface area (Å²) in [5.41, 5.74) is 2.71. The molecule has 2 aromatic heterocycles. The molecule has 0 N–H and O–H groups in total. The number of rotatable bonds is 6. The highest BCUT2D eigenvalue weighted by atomic mass is 16.5. The molecule has 1 saturated carbocycles. The van der Waals surface area contributed by atoms with Crippen LogP contribution in [0.5, 0.6) is 0 Å². The van der Waals surface area contributed by atoms with E-state index in [9.17, 15) is 0 Å². The first-order valence-corrected chi connectivity index (χ1v) is 9.09. The molecule has 130 valence electrons. The van der Waals surface area contributed by atoms with Gasteiger partial charge in [0.05, 0.1) is 6.54 Å². The first kappa shape index (κ1) is 15.8. The van der Waals surface area contributed by atoms with Crippen molar-refractivity contribution in [3.63, 3.8) is 0 Å². The second-order valence-electron chi connectivity index (χ2n) is 7.21. The number of hydrogen-bond donors (Lipinski definition) is 0.